The standard InChI is InChI=1S/C27H22ClF3N4O2S2/c28-22-20-5-4-16(15-2-1-3-17(10-15)27(29,30)31)11-21(20)39-23(22)25(36)35-13-19(14-35)33-18-6-8-34(12-18)26(37)24-32-7-9-38-24/h1-5,7,9-11,18-19,33H,6,8,12-14H2. The van der Waals surface area contributed by atoms with Crippen LogP contribution in [0.1, 0.15) is 31.5 Å². The number of thiophene rings is 1. The molecule has 202 valence electrons. The molecule has 2 aromatic heterocycles. The number of benzene rings is 2. The first-order valence-corrected chi connectivity index (χ1v) is 14.4. The molecule has 0 spiro atoms. The molecule has 6 rings (SSSR count). The van der Waals surface area contributed by atoms with Crippen LogP contribution in [-0.2, 0) is 6.18 Å². The van der Waals surface area contributed by atoms with Gasteiger partial charge in [-0.3, -0.25) is 9.59 Å². The van der Waals surface area contributed by atoms with E-state index in [1.807, 2.05) is 4.90 Å². The van der Waals surface area contributed by atoms with Crippen LogP contribution in [0.15, 0.2) is 54.0 Å². The highest BCUT2D eigenvalue weighted by molar-refractivity contribution is 7.21. The Balaban J connectivity index is 1.09. The number of carbonyl (C=O) groups excluding carboxylic acids is 2. The van der Waals surface area contributed by atoms with E-state index in [9.17, 15) is 22.8 Å². The minimum absolute atomic E-state index is 0.0460. The van der Waals surface area contributed by atoms with Crippen molar-refractivity contribution in [1.29, 1.82) is 0 Å². The van der Waals surface area contributed by atoms with Crippen molar-refractivity contribution in [3.8, 4) is 11.1 Å². The van der Waals surface area contributed by atoms with Gasteiger partial charge >= 0.3 is 6.18 Å². The topological polar surface area (TPSA) is 65.5 Å². The number of aromatic nitrogens is 1. The minimum Gasteiger partial charge on any atom is -0.335 e. The summed E-state index contributed by atoms with van der Waals surface area (Å²) in [5.41, 5.74) is 0.356. The van der Waals surface area contributed by atoms with Crippen LogP contribution in [0.5, 0.6) is 0 Å². The van der Waals surface area contributed by atoms with Gasteiger partial charge in [0.25, 0.3) is 11.8 Å². The average molecular weight is 591 g/mol. The number of thiazole rings is 1. The molecule has 39 heavy (non-hydrogen) atoms. The van der Waals surface area contributed by atoms with Crippen LogP contribution < -0.4 is 5.32 Å². The van der Waals surface area contributed by atoms with Crippen molar-refractivity contribution in [2.24, 2.45) is 0 Å². The molecule has 2 fully saturated rings. The molecule has 0 radical (unpaired) electrons. The number of halogens is 4. The van der Waals surface area contributed by atoms with Crippen LogP contribution in [0.25, 0.3) is 21.2 Å². The van der Waals surface area contributed by atoms with Gasteiger partial charge in [-0.15, -0.1) is 22.7 Å². The maximum Gasteiger partial charge on any atom is 0.416 e. The van der Waals surface area contributed by atoms with E-state index in [1.54, 1.807) is 40.7 Å². The van der Waals surface area contributed by atoms with Gasteiger partial charge < -0.3 is 15.1 Å². The molecule has 12 heteroatoms. The molecule has 1 N–H and O–H groups in total. The van der Waals surface area contributed by atoms with Crippen LogP contribution in [0, 0.1) is 0 Å². The van der Waals surface area contributed by atoms with Crippen LogP contribution in [-0.4, -0.2) is 64.9 Å². The third-order valence-electron chi connectivity index (χ3n) is 7.08. The van der Waals surface area contributed by atoms with E-state index in [0.29, 0.717) is 57.6 Å². The first kappa shape index (κ1) is 26.2. The number of nitrogens with one attached hydrogen (secondary N) is 1. The molecule has 0 saturated carbocycles. The van der Waals surface area contributed by atoms with E-state index in [0.717, 1.165) is 23.3 Å². The summed E-state index contributed by atoms with van der Waals surface area (Å²) in [4.78, 5) is 33.8. The van der Waals surface area contributed by atoms with E-state index in [4.69, 9.17) is 11.6 Å². The summed E-state index contributed by atoms with van der Waals surface area (Å²) in [7, 11) is 0. The molecule has 4 aromatic rings. The number of nitrogens with zero attached hydrogens (tertiary/aromatic N) is 3. The number of amides is 2. The Morgan fingerprint density at radius 1 is 1.00 bits per heavy atom. The summed E-state index contributed by atoms with van der Waals surface area (Å²) >= 11 is 9.16. The lowest BCUT2D eigenvalue weighted by atomic mass is 10.0. The van der Waals surface area contributed by atoms with Gasteiger partial charge in [-0.2, -0.15) is 13.2 Å². The van der Waals surface area contributed by atoms with E-state index < -0.39 is 11.7 Å². The van der Waals surface area contributed by atoms with Crippen LogP contribution in [0.4, 0.5) is 13.2 Å². The SMILES string of the molecule is O=C(c1nccs1)N1CCC(NC2CN(C(=O)c3sc4cc(-c5cccc(C(F)(F)F)c5)ccc4c3Cl)C2)C1. The Morgan fingerprint density at radius 3 is 2.51 bits per heavy atom. The molecule has 0 bridgehead atoms. The first-order chi connectivity index (χ1) is 18.7. The van der Waals surface area contributed by atoms with E-state index in [1.165, 1.54) is 28.7 Å². The van der Waals surface area contributed by atoms with Crippen molar-refractivity contribution < 1.29 is 22.8 Å². The number of rotatable bonds is 5. The Kier molecular flexibility index (Phi) is 6.86. The molecule has 2 amide bonds. The minimum atomic E-state index is -4.42. The second kappa shape index (κ2) is 10.2. The average Bonchev–Trinajstić information content (AvgIpc) is 3.66. The van der Waals surface area contributed by atoms with E-state index in [2.05, 4.69) is 10.3 Å². The van der Waals surface area contributed by atoms with Crippen LogP contribution in [0.3, 0.4) is 0 Å². The lowest BCUT2D eigenvalue weighted by molar-refractivity contribution is -0.137. The summed E-state index contributed by atoms with van der Waals surface area (Å²) in [5.74, 6) is -0.206. The van der Waals surface area contributed by atoms with Crippen LogP contribution >= 0.6 is 34.3 Å². The normalized spacial score (nSPS) is 18.1. The zero-order valence-corrected chi connectivity index (χ0v) is 22.8. The summed E-state index contributed by atoms with van der Waals surface area (Å²) < 4.78 is 40.2. The molecule has 2 aliphatic heterocycles. The second-order valence-corrected chi connectivity index (χ2v) is 12.0. The Morgan fingerprint density at radius 2 is 1.77 bits per heavy atom. The lowest BCUT2D eigenvalue weighted by Gasteiger charge is -2.41. The lowest BCUT2D eigenvalue weighted by Crippen LogP contribution is -2.62. The molecule has 6 nitrogen and oxygen atoms in total. The summed E-state index contributed by atoms with van der Waals surface area (Å²) in [6.07, 6.45) is -1.95. The van der Waals surface area contributed by atoms with Crippen molar-refractivity contribution in [2.45, 2.75) is 24.7 Å². The molecular formula is C27H22ClF3N4O2S2. The number of hydrogen-bond donors (Lipinski definition) is 1. The molecule has 0 aliphatic carbocycles. The monoisotopic (exact) mass is 590 g/mol. The summed E-state index contributed by atoms with van der Waals surface area (Å²) in [5, 5.41) is 6.90. The third kappa shape index (κ3) is 5.16. The number of hydrogen-bond acceptors (Lipinski definition) is 6. The highest BCUT2D eigenvalue weighted by atomic mass is 35.5. The number of carbonyl (C=O) groups is 2. The zero-order chi connectivity index (χ0) is 27.3. The Bertz CT molecular complexity index is 1550. The highest BCUT2D eigenvalue weighted by Crippen LogP contribution is 2.39. The fourth-order valence-electron chi connectivity index (χ4n) is 5.03. The van der Waals surface area contributed by atoms with Gasteiger partial charge in [0.2, 0.25) is 0 Å². The van der Waals surface area contributed by atoms with Crippen molar-refractivity contribution in [3.05, 3.63) is 74.5 Å². The van der Waals surface area contributed by atoms with Crippen molar-refractivity contribution in [2.75, 3.05) is 26.2 Å². The van der Waals surface area contributed by atoms with Gasteiger partial charge in [-0.1, -0.05) is 35.9 Å². The maximum atomic E-state index is 13.2. The summed E-state index contributed by atoms with van der Waals surface area (Å²) in [6.45, 7) is 2.36. The quantitative estimate of drug-likeness (QED) is 0.308. The number of fused-ring (bicyclic) bond motifs is 1. The van der Waals surface area contributed by atoms with E-state index in [-0.39, 0.29) is 23.9 Å². The molecule has 1 unspecified atom stereocenters. The molecule has 4 heterocycles. The van der Waals surface area contributed by atoms with Crippen molar-refractivity contribution in [3.63, 3.8) is 0 Å². The predicted octanol–water partition coefficient (Wildman–Crippen LogP) is 6.03. The molecule has 2 aromatic carbocycles. The zero-order valence-electron chi connectivity index (χ0n) is 20.4. The third-order valence-corrected chi connectivity index (χ3v) is 9.48. The predicted molar refractivity (Wildman–Crippen MR) is 147 cm³/mol. The highest BCUT2D eigenvalue weighted by Gasteiger charge is 2.37. The summed E-state index contributed by atoms with van der Waals surface area (Å²) in [6, 6.07) is 10.7. The van der Waals surface area contributed by atoms with Crippen molar-refractivity contribution >= 4 is 56.2 Å². The van der Waals surface area contributed by atoms with Gasteiger partial charge in [0.15, 0.2) is 5.01 Å². The van der Waals surface area contributed by atoms with Crippen molar-refractivity contribution in [1.82, 2.24) is 20.1 Å². The van der Waals surface area contributed by atoms with Gasteiger partial charge in [0, 0.05) is 59.9 Å². The fraction of sp³-hybridized carbons (Fsp3) is 0.296. The number of alkyl halides is 3. The van der Waals surface area contributed by atoms with Gasteiger partial charge in [0.1, 0.15) is 4.88 Å². The van der Waals surface area contributed by atoms with Crippen LogP contribution in [0.2, 0.25) is 5.02 Å². The van der Waals surface area contributed by atoms with Gasteiger partial charge in [-0.05, 0) is 35.7 Å². The molecule has 2 aliphatic rings. The van der Waals surface area contributed by atoms with E-state index >= 15 is 0 Å². The molecular weight excluding hydrogens is 569 g/mol. The largest absolute Gasteiger partial charge is 0.416 e. The molecule has 2 saturated heterocycles. The Hall–Kier alpha value is -2.99. The maximum absolute atomic E-state index is 13.2. The molecule has 1 atom stereocenters. The second-order valence-electron chi connectivity index (χ2n) is 9.68. The number of likely N-dealkylation sites (tertiary alicyclic amines) is 2. The van der Waals surface area contributed by atoms with Gasteiger partial charge in [0.05, 0.1) is 10.6 Å². The van der Waals surface area contributed by atoms with Gasteiger partial charge in [-0.25, -0.2) is 4.98 Å². The smallest absolute Gasteiger partial charge is 0.335 e. The first-order valence-electron chi connectivity index (χ1n) is 12.3. The fourth-order valence-corrected chi connectivity index (χ4v) is 7.15. The Labute approximate surface area is 235 Å².